The Morgan fingerprint density at radius 2 is 2.05 bits per heavy atom. The third-order valence-corrected chi connectivity index (χ3v) is 3.79. The Kier molecular flexibility index (Phi) is 6.28. The largest absolute Gasteiger partial charge is 0.481 e. The van der Waals surface area contributed by atoms with Gasteiger partial charge in [-0.1, -0.05) is 13.3 Å². The highest BCUT2D eigenvalue weighted by Gasteiger charge is 2.32. The van der Waals surface area contributed by atoms with Crippen molar-refractivity contribution >= 4 is 11.9 Å². The number of carboxylic acid groups (broad SMARTS) is 1. The molecule has 5 heteroatoms. The monoisotopic (exact) mass is 270 g/mol. The summed E-state index contributed by atoms with van der Waals surface area (Å²) in [5, 5.41) is 8.86. The van der Waals surface area contributed by atoms with E-state index in [1.807, 2.05) is 13.8 Å². The molecule has 110 valence electrons. The zero-order chi connectivity index (χ0) is 14.4. The van der Waals surface area contributed by atoms with Crippen molar-refractivity contribution in [3.8, 4) is 0 Å². The number of nitrogens with two attached hydrogens (primary N) is 1. The molecule has 0 spiro atoms. The quantitative estimate of drug-likeness (QED) is 0.736. The number of carboxylic acids is 1. The van der Waals surface area contributed by atoms with Gasteiger partial charge in [0, 0.05) is 24.5 Å². The molecular weight excluding hydrogens is 244 g/mol. The van der Waals surface area contributed by atoms with E-state index in [0.29, 0.717) is 6.54 Å². The third-order valence-electron chi connectivity index (χ3n) is 3.79. The SMILES string of the molecule is CC(N)CCCC(C)C(=O)N1CCCC1CC(=O)O. The van der Waals surface area contributed by atoms with Gasteiger partial charge in [0.25, 0.3) is 0 Å². The molecule has 3 N–H and O–H groups in total. The highest BCUT2D eigenvalue weighted by Crippen LogP contribution is 2.24. The molecule has 0 aliphatic carbocycles. The summed E-state index contributed by atoms with van der Waals surface area (Å²) in [6.45, 7) is 4.60. The van der Waals surface area contributed by atoms with Crippen LogP contribution in [0.25, 0.3) is 0 Å². The topological polar surface area (TPSA) is 83.6 Å². The van der Waals surface area contributed by atoms with Gasteiger partial charge < -0.3 is 15.7 Å². The molecule has 0 aromatic rings. The highest BCUT2D eigenvalue weighted by molar-refractivity contribution is 5.80. The fourth-order valence-electron chi connectivity index (χ4n) is 2.69. The van der Waals surface area contributed by atoms with Crippen LogP contribution in [0.5, 0.6) is 0 Å². The molecule has 0 aromatic heterocycles. The predicted octanol–water partition coefficient (Wildman–Crippen LogP) is 1.61. The standard InChI is InChI=1S/C14H26N2O3/c1-10(5-3-6-11(2)15)14(19)16-8-4-7-12(16)9-13(17)18/h10-12H,3-9,15H2,1-2H3,(H,17,18). The van der Waals surface area contributed by atoms with Crippen LogP contribution in [0.15, 0.2) is 0 Å². The Morgan fingerprint density at radius 3 is 2.63 bits per heavy atom. The summed E-state index contributed by atoms with van der Waals surface area (Å²) in [4.78, 5) is 24.9. The molecule has 1 aliphatic rings. The van der Waals surface area contributed by atoms with Crippen molar-refractivity contribution in [2.45, 2.75) is 64.5 Å². The summed E-state index contributed by atoms with van der Waals surface area (Å²) < 4.78 is 0. The van der Waals surface area contributed by atoms with Crippen LogP contribution < -0.4 is 5.73 Å². The molecular formula is C14H26N2O3. The molecule has 0 saturated carbocycles. The van der Waals surface area contributed by atoms with Crippen LogP contribution in [-0.4, -0.2) is 40.5 Å². The van der Waals surface area contributed by atoms with Crippen LogP contribution in [-0.2, 0) is 9.59 Å². The first-order chi connectivity index (χ1) is 8.91. The molecule has 1 saturated heterocycles. The highest BCUT2D eigenvalue weighted by atomic mass is 16.4. The van der Waals surface area contributed by atoms with Crippen molar-refractivity contribution in [1.29, 1.82) is 0 Å². The van der Waals surface area contributed by atoms with Gasteiger partial charge >= 0.3 is 5.97 Å². The summed E-state index contributed by atoms with van der Waals surface area (Å²) in [6.07, 6.45) is 4.49. The van der Waals surface area contributed by atoms with Crippen LogP contribution in [0.4, 0.5) is 0 Å². The Hall–Kier alpha value is -1.10. The molecule has 0 aromatic carbocycles. The summed E-state index contributed by atoms with van der Waals surface area (Å²) in [7, 11) is 0. The first-order valence-corrected chi connectivity index (χ1v) is 7.19. The number of carbonyl (C=O) groups excluding carboxylic acids is 1. The maximum atomic E-state index is 12.3. The number of amides is 1. The van der Waals surface area contributed by atoms with Crippen molar-refractivity contribution in [1.82, 2.24) is 4.90 Å². The van der Waals surface area contributed by atoms with Crippen LogP contribution in [0.2, 0.25) is 0 Å². The van der Waals surface area contributed by atoms with E-state index in [0.717, 1.165) is 32.1 Å². The van der Waals surface area contributed by atoms with Gasteiger partial charge in [0.15, 0.2) is 0 Å². The van der Waals surface area contributed by atoms with E-state index in [-0.39, 0.29) is 30.3 Å². The number of rotatable bonds is 7. The van der Waals surface area contributed by atoms with Gasteiger partial charge in [-0.25, -0.2) is 0 Å². The normalized spacial score (nSPS) is 22.3. The Balaban J connectivity index is 2.44. The first-order valence-electron chi connectivity index (χ1n) is 7.19. The summed E-state index contributed by atoms with van der Waals surface area (Å²) in [6, 6.07) is 0.0646. The fourth-order valence-corrected chi connectivity index (χ4v) is 2.69. The van der Waals surface area contributed by atoms with E-state index < -0.39 is 5.97 Å². The van der Waals surface area contributed by atoms with Crippen molar-refractivity contribution in [3.63, 3.8) is 0 Å². The maximum absolute atomic E-state index is 12.3. The summed E-state index contributed by atoms with van der Waals surface area (Å²) in [5.41, 5.74) is 5.69. The smallest absolute Gasteiger partial charge is 0.305 e. The molecule has 3 atom stereocenters. The third kappa shape index (κ3) is 5.19. The molecule has 1 aliphatic heterocycles. The molecule has 3 unspecified atom stereocenters. The van der Waals surface area contributed by atoms with Crippen molar-refractivity contribution in [2.75, 3.05) is 6.54 Å². The molecule has 5 nitrogen and oxygen atoms in total. The second-order valence-electron chi connectivity index (χ2n) is 5.73. The second kappa shape index (κ2) is 7.48. The van der Waals surface area contributed by atoms with E-state index in [2.05, 4.69) is 0 Å². The van der Waals surface area contributed by atoms with Crippen LogP contribution in [0.3, 0.4) is 0 Å². The molecule has 1 rings (SSSR count). The second-order valence-corrected chi connectivity index (χ2v) is 5.73. The molecule has 1 heterocycles. The Labute approximate surface area is 115 Å². The Bertz CT molecular complexity index is 318. The van der Waals surface area contributed by atoms with E-state index in [9.17, 15) is 9.59 Å². The number of aliphatic carboxylic acids is 1. The predicted molar refractivity (Wildman–Crippen MR) is 73.7 cm³/mol. The molecule has 1 amide bonds. The van der Waals surface area contributed by atoms with E-state index in [1.54, 1.807) is 4.90 Å². The lowest BCUT2D eigenvalue weighted by Crippen LogP contribution is -2.40. The van der Waals surface area contributed by atoms with Crippen molar-refractivity contribution in [3.05, 3.63) is 0 Å². The number of hydrogen-bond acceptors (Lipinski definition) is 3. The van der Waals surface area contributed by atoms with E-state index >= 15 is 0 Å². The minimum atomic E-state index is -0.825. The number of carbonyl (C=O) groups is 2. The lowest BCUT2D eigenvalue weighted by atomic mass is 10.00. The van der Waals surface area contributed by atoms with Gasteiger partial charge in [-0.05, 0) is 32.6 Å². The van der Waals surface area contributed by atoms with Gasteiger partial charge in [0.2, 0.25) is 5.91 Å². The van der Waals surface area contributed by atoms with Crippen LogP contribution in [0.1, 0.15) is 52.4 Å². The van der Waals surface area contributed by atoms with E-state index in [4.69, 9.17) is 10.8 Å². The molecule has 1 fully saturated rings. The van der Waals surface area contributed by atoms with Crippen LogP contribution >= 0.6 is 0 Å². The summed E-state index contributed by atoms with van der Waals surface area (Å²) >= 11 is 0. The van der Waals surface area contributed by atoms with Gasteiger partial charge in [-0.3, -0.25) is 9.59 Å². The van der Waals surface area contributed by atoms with Crippen molar-refractivity contribution in [2.24, 2.45) is 11.7 Å². The zero-order valence-electron chi connectivity index (χ0n) is 12.0. The summed E-state index contributed by atoms with van der Waals surface area (Å²) in [5.74, 6) is -0.754. The number of hydrogen-bond donors (Lipinski definition) is 2. The fraction of sp³-hybridized carbons (Fsp3) is 0.857. The average molecular weight is 270 g/mol. The molecule has 0 radical (unpaired) electrons. The maximum Gasteiger partial charge on any atom is 0.305 e. The van der Waals surface area contributed by atoms with Crippen molar-refractivity contribution < 1.29 is 14.7 Å². The first kappa shape index (κ1) is 16.0. The minimum absolute atomic E-state index is 0.0341. The van der Waals surface area contributed by atoms with E-state index in [1.165, 1.54) is 0 Å². The number of nitrogens with zero attached hydrogens (tertiary/aromatic N) is 1. The average Bonchev–Trinajstić information content (AvgIpc) is 2.74. The molecule has 19 heavy (non-hydrogen) atoms. The zero-order valence-corrected chi connectivity index (χ0v) is 12.0. The van der Waals surface area contributed by atoms with Crippen LogP contribution in [0, 0.1) is 5.92 Å². The van der Waals surface area contributed by atoms with Gasteiger partial charge in [0.05, 0.1) is 6.42 Å². The number of likely N-dealkylation sites (tertiary alicyclic amines) is 1. The lowest BCUT2D eigenvalue weighted by Gasteiger charge is -2.26. The minimum Gasteiger partial charge on any atom is -0.481 e. The lowest BCUT2D eigenvalue weighted by molar-refractivity contribution is -0.141. The van der Waals surface area contributed by atoms with Gasteiger partial charge in [-0.2, -0.15) is 0 Å². The Morgan fingerprint density at radius 1 is 1.37 bits per heavy atom. The van der Waals surface area contributed by atoms with Gasteiger partial charge in [0.1, 0.15) is 0 Å². The van der Waals surface area contributed by atoms with Gasteiger partial charge in [-0.15, -0.1) is 0 Å². The molecule has 0 bridgehead atoms.